The summed E-state index contributed by atoms with van der Waals surface area (Å²) in [4.78, 5) is 65.7. The van der Waals surface area contributed by atoms with Gasteiger partial charge >= 0.3 is 24.1 Å². The Balaban J connectivity index is 0.000000297. The van der Waals surface area contributed by atoms with Crippen LogP contribution in [0.25, 0.3) is 0 Å². The first kappa shape index (κ1) is 43.8. The Morgan fingerprint density at radius 3 is 1.33 bits per heavy atom. The second kappa shape index (κ2) is 19.2. The highest BCUT2D eigenvalue weighted by Crippen LogP contribution is 2.16. The van der Waals surface area contributed by atoms with Gasteiger partial charge in [-0.05, 0) is 25.0 Å². The number of halogens is 3. The van der Waals surface area contributed by atoms with E-state index in [-0.39, 0.29) is 85.7 Å². The van der Waals surface area contributed by atoms with E-state index >= 15 is 0 Å². The number of nitrogens with two attached hydrogens (primary N) is 1. The zero-order valence-electron chi connectivity index (χ0n) is 30.0. The maximum Gasteiger partial charge on any atom is 0.471 e. The minimum atomic E-state index is -5.06. The fourth-order valence-electron chi connectivity index (χ4n) is 5.35. The van der Waals surface area contributed by atoms with Crippen molar-refractivity contribution in [3.05, 3.63) is 70.8 Å². The summed E-state index contributed by atoms with van der Waals surface area (Å²) >= 11 is 0. The lowest BCUT2D eigenvalue weighted by Gasteiger charge is -2.32. The summed E-state index contributed by atoms with van der Waals surface area (Å²) in [6.45, 7) is 5.12. The molecule has 0 aromatic heterocycles. The van der Waals surface area contributed by atoms with E-state index in [0.29, 0.717) is 30.8 Å². The normalized spacial score (nSPS) is 16.3. The molecule has 54 heavy (non-hydrogen) atoms. The molecule has 2 aliphatic rings. The molecule has 298 valence electrons. The second-order valence-corrected chi connectivity index (χ2v) is 17.1. The molecule has 2 aromatic rings. The molecule has 2 heterocycles. The van der Waals surface area contributed by atoms with Gasteiger partial charge in [0.2, 0.25) is 0 Å². The molecule has 0 bridgehead atoms. The summed E-state index contributed by atoms with van der Waals surface area (Å²) in [5, 5.41) is 1.52. The van der Waals surface area contributed by atoms with Crippen LogP contribution in [-0.4, -0.2) is 148 Å². The minimum absolute atomic E-state index is 0.0200. The van der Waals surface area contributed by atoms with E-state index in [4.69, 9.17) is 5.73 Å². The van der Waals surface area contributed by atoms with Gasteiger partial charge in [-0.2, -0.15) is 13.2 Å². The standard InChI is InChI=1S/C18H22F3N3O5S.C16H23N3O4S/c1-2-23(17(27)24-7-9-30(28,29)10-8-24)12-13-3-5-14(6-4-13)15(25)11-22-16(26)18(19,20)21;1-2-18(16(21)19-7-9-24(22,23)10-8-19)12-13-3-5-14(6-4-13)15(20)11-17/h3-6H,2,7-12H2,1H3,(H,22,26);3-6H,2,7-12,17H2,1H3. The van der Waals surface area contributed by atoms with Crippen LogP contribution >= 0.6 is 0 Å². The number of carbonyl (C=O) groups is 5. The summed E-state index contributed by atoms with van der Waals surface area (Å²) in [5.41, 5.74) is 7.60. The lowest BCUT2D eigenvalue weighted by molar-refractivity contribution is -0.173. The van der Waals surface area contributed by atoms with Gasteiger partial charge < -0.3 is 30.7 Å². The predicted molar refractivity (Wildman–Crippen MR) is 193 cm³/mol. The Morgan fingerprint density at radius 2 is 1.02 bits per heavy atom. The van der Waals surface area contributed by atoms with Crippen molar-refractivity contribution in [2.45, 2.75) is 33.1 Å². The zero-order chi connectivity index (χ0) is 40.3. The third kappa shape index (κ3) is 13.1. The van der Waals surface area contributed by atoms with Crippen LogP contribution in [0.5, 0.6) is 0 Å². The summed E-state index contributed by atoms with van der Waals surface area (Å²) in [6, 6.07) is 12.5. The molecule has 5 amide bonds. The van der Waals surface area contributed by atoms with Crippen molar-refractivity contribution in [1.29, 1.82) is 0 Å². The fourth-order valence-corrected chi connectivity index (χ4v) is 7.75. The molecule has 0 radical (unpaired) electrons. The van der Waals surface area contributed by atoms with Gasteiger partial charge in [0.25, 0.3) is 0 Å². The minimum Gasteiger partial charge on any atom is -0.341 e. The number of alkyl halides is 3. The van der Waals surface area contributed by atoms with E-state index < -0.39 is 44.1 Å². The van der Waals surface area contributed by atoms with E-state index in [2.05, 4.69) is 0 Å². The SMILES string of the molecule is CCN(Cc1ccc(C(=O)CN)cc1)C(=O)N1CCS(=O)(=O)CC1.CCN(Cc1ccc(C(=O)CNC(=O)C(F)(F)F)cc1)C(=O)N1CCS(=O)(=O)CC1. The van der Waals surface area contributed by atoms with Gasteiger partial charge in [-0.15, -0.1) is 0 Å². The van der Waals surface area contributed by atoms with Gasteiger partial charge in [0.1, 0.15) is 0 Å². The van der Waals surface area contributed by atoms with E-state index in [1.807, 2.05) is 6.92 Å². The maximum atomic E-state index is 12.6. The Morgan fingerprint density at radius 1 is 0.667 bits per heavy atom. The number of carbonyl (C=O) groups excluding carboxylic acids is 5. The quantitative estimate of drug-likeness (QED) is 0.315. The van der Waals surface area contributed by atoms with Crippen LogP contribution in [0.4, 0.5) is 22.8 Å². The number of nitrogens with one attached hydrogen (secondary N) is 1. The van der Waals surface area contributed by atoms with Crippen molar-refractivity contribution in [1.82, 2.24) is 24.9 Å². The van der Waals surface area contributed by atoms with E-state index in [1.165, 1.54) is 27.2 Å². The summed E-state index contributed by atoms with van der Waals surface area (Å²) < 4.78 is 82.4. The van der Waals surface area contributed by atoms with Crippen LogP contribution in [0.2, 0.25) is 0 Å². The zero-order valence-corrected chi connectivity index (χ0v) is 31.6. The van der Waals surface area contributed by atoms with E-state index in [9.17, 15) is 54.0 Å². The number of urea groups is 2. The Kier molecular flexibility index (Phi) is 15.6. The third-order valence-corrected chi connectivity index (χ3v) is 11.9. The molecule has 2 aromatic carbocycles. The van der Waals surface area contributed by atoms with Crippen LogP contribution in [0, 0.1) is 0 Å². The van der Waals surface area contributed by atoms with Gasteiger partial charge in [-0.1, -0.05) is 48.5 Å². The van der Waals surface area contributed by atoms with Crippen LogP contribution in [0.3, 0.4) is 0 Å². The molecule has 2 fully saturated rings. The fraction of sp³-hybridized carbons (Fsp3) is 0.500. The topological polar surface area (TPSA) is 205 Å². The van der Waals surface area contributed by atoms with E-state index in [1.54, 1.807) is 53.1 Å². The summed E-state index contributed by atoms with van der Waals surface area (Å²) in [7, 11) is -6.12. The smallest absolute Gasteiger partial charge is 0.341 e. The van der Waals surface area contributed by atoms with Gasteiger partial charge in [-0.25, -0.2) is 26.4 Å². The van der Waals surface area contributed by atoms with Crippen molar-refractivity contribution in [2.75, 3.05) is 75.4 Å². The van der Waals surface area contributed by atoms with Gasteiger partial charge in [0.15, 0.2) is 31.2 Å². The number of amides is 5. The molecule has 20 heteroatoms. The van der Waals surface area contributed by atoms with Crippen LogP contribution in [-0.2, 0) is 37.6 Å². The lowest BCUT2D eigenvalue weighted by atomic mass is 10.1. The Bertz CT molecular complexity index is 1850. The Hall–Kier alpha value is -4.56. The van der Waals surface area contributed by atoms with Crippen molar-refractivity contribution in [3.8, 4) is 0 Å². The number of benzene rings is 2. The number of sulfone groups is 2. The molecular formula is C34H45F3N6O9S2. The lowest BCUT2D eigenvalue weighted by Crippen LogP contribution is -2.49. The number of ketones is 2. The Labute approximate surface area is 312 Å². The van der Waals surface area contributed by atoms with Crippen molar-refractivity contribution >= 4 is 49.2 Å². The van der Waals surface area contributed by atoms with Crippen LogP contribution in [0.15, 0.2) is 48.5 Å². The maximum absolute atomic E-state index is 12.6. The summed E-state index contributed by atoms with van der Waals surface area (Å²) in [5.74, 6) is -3.10. The number of hydrogen-bond acceptors (Lipinski definition) is 10. The highest BCUT2D eigenvalue weighted by Gasteiger charge is 2.38. The highest BCUT2D eigenvalue weighted by atomic mass is 32.2. The molecule has 0 spiro atoms. The highest BCUT2D eigenvalue weighted by molar-refractivity contribution is 7.91. The molecule has 2 aliphatic heterocycles. The molecule has 3 N–H and O–H groups in total. The monoisotopic (exact) mass is 802 g/mol. The summed E-state index contributed by atoms with van der Waals surface area (Å²) in [6.07, 6.45) is -5.06. The molecule has 15 nitrogen and oxygen atoms in total. The first-order chi connectivity index (χ1) is 25.3. The number of nitrogens with zero attached hydrogens (tertiary/aromatic N) is 4. The first-order valence-electron chi connectivity index (χ1n) is 17.1. The largest absolute Gasteiger partial charge is 0.471 e. The predicted octanol–water partition coefficient (Wildman–Crippen LogP) is 1.72. The second-order valence-electron chi connectivity index (χ2n) is 12.5. The molecule has 4 rings (SSSR count). The van der Waals surface area contributed by atoms with Crippen LogP contribution in [0.1, 0.15) is 45.7 Å². The first-order valence-corrected chi connectivity index (χ1v) is 20.7. The molecule has 0 saturated carbocycles. The molecule has 0 aliphatic carbocycles. The molecule has 2 saturated heterocycles. The molecule has 0 atom stereocenters. The average Bonchev–Trinajstić information content (AvgIpc) is 3.14. The van der Waals surface area contributed by atoms with Crippen molar-refractivity contribution in [3.63, 3.8) is 0 Å². The van der Waals surface area contributed by atoms with Crippen LogP contribution < -0.4 is 11.1 Å². The van der Waals surface area contributed by atoms with Gasteiger partial charge in [0, 0.05) is 63.5 Å². The van der Waals surface area contributed by atoms with Crippen molar-refractivity contribution in [2.24, 2.45) is 5.73 Å². The molecule has 0 unspecified atom stereocenters. The number of hydrogen-bond donors (Lipinski definition) is 2. The third-order valence-electron chi connectivity index (χ3n) is 8.69. The number of rotatable bonds is 11. The van der Waals surface area contributed by atoms with Gasteiger partial charge in [-0.3, -0.25) is 14.4 Å². The average molecular weight is 803 g/mol. The van der Waals surface area contributed by atoms with Gasteiger partial charge in [0.05, 0.1) is 36.1 Å². The number of Topliss-reactive ketones (excluding diaryl/α,β-unsaturated/α-hetero) is 2. The van der Waals surface area contributed by atoms with Crippen molar-refractivity contribution < 1.29 is 54.0 Å². The van der Waals surface area contributed by atoms with E-state index in [0.717, 1.165) is 5.56 Å². The molecular weight excluding hydrogens is 758 g/mol.